The molecule has 0 aromatic carbocycles. The molecular weight excluding hydrogens is 114 g/mol. The van der Waals surface area contributed by atoms with E-state index in [1.54, 1.807) is 6.92 Å². The van der Waals surface area contributed by atoms with Crippen molar-refractivity contribution in [1.82, 2.24) is 0 Å². The Morgan fingerprint density at radius 3 is 2.17 bits per heavy atom. The van der Waals surface area contributed by atoms with Crippen LogP contribution in [-0.4, -0.2) is 10.2 Å². The fraction of sp³-hybridized carbons (Fsp3) is 0.667. The summed E-state index contributed by atoms with van der Waals surface area (Å²) in [6.45, 7) is 1.80. The molecule has 0 aliphatic rings. The zero-order chi connectivity index (χ0) is 5.15. The fourth-order valence-electron chi connectivity index (χ4n) is 0. The van der Waals surface area contributed by atoms with Crippen molar-refractivity contribution in [2.75, 3.05) is 0 Å². The molecule has 0 fully saturated rings. The van der Waals surface area contributed by atoms with Crippen LogP contribution in [0, 0.1) is 0 Å². The molecule has 6 heavy (non-hydrogen) atoms. The third kappa shape index (κ3) is 2.63. The summed E-state index contributed by atoms with van der Waals surface area (Å²) in [6.07, 6.45) is 0. The van der Waals surface area contributed by atoms with E-state index in [0.29, 0.717) is 4.20 Å². The molecule has 0 rings (SSSR count). The first-order chi connectivity index (χ1) is 2.64. The highest BCUT2D eigenvalue weighted by atomic mass is 32.1. The first-order valence-corrected chi connectivity index (χ1v) is 2.48. The van der Waals surface area contributed by atoms with Crippen LogP contribution in [-0.2, 0) is 0 Å². The Morgan fingerprint density at radius 2 is 2.17 bits per heavy atom. The molecule has 0 aromatic rings. The lowest BCUT2D eigenvalue weighted by Gasteiger charge is -1.94. The molecule has 0 spiro atoms. The maximum Gasteiger partial charge on any atom is 0.0613 e. The van der Waals surface area contributed by atoms with Gasteiger partial charge in [0.25, 0.3) is 0 Å². The Balaban J connectivity index is 3.26. The van der Waals surface area contributed by atoms with Crippen LogP contribution in [0.15, 0.2) is 0 Å². The molecule has 3 heteroatoms. The topological polar surface area (TPSA) is 26.0 Å². The molecule has 0 aliphatic carbocycles. The first-order valence-electron chi connectivity index (χ1n) is 1.63. The van der Waals surface area contributed by atoms with Gasteiger partial charge in [0.15, 0.2) is 0 Å². The molecule has 0 unspecified atom stereocenters. The van der Waals surface area contributed by atoms with E-state index in [9.17, 15) is 0 Å². The van der Waals surface area contributed by atoms with Gasteiger partial charge in [0.1, 0.15) is 0 Å². The lowest BCUT2D eigenvalue weighted by molar-refractivity contribution is 1.00. The van der Waals surface area contributed by atoms with E-state index in [-0.39, 0.29) is 6.04 Å². The van der Waals surface area contributed by atoms with E-state index < -0.39 is 0 Å². The Bertz CT molecular complexity index is 59.8. The summed E-state index contributed by atoms with van der Waals surface area (Å²) in [6, 6.07) is -0.0525. The predicted octanol–water partition coefficient (Wildman–Crippen LogP) is 0.591. The van der Waals surface area contributed by atoms with Crippen LogP contribution in [0.2, 0.25) is 0 Å². The van der Waals surface area contributed by atoms with Gasteiger partial charge in [-0.15, -0.1) is 12.6 Å². The van der Waals surface area contributed by atoms with Crippen LogP contribution in [0.5, 0.6) is 0 Å². The van der Waals surface area contributed by atoms with Crippen molar-refractivity contribution in [2.24, 2.45) is 5.73 Å². The average Bonchev–Trinajstić information content (AvgIpc) is 1.36. The quantitative estimate of drug-likeness (QED) is 0.392. The predicted molar refractivity (Wildman–Crippen MR) is 35.2 cm³/mol. The molecule has 36 valence electrons. The van der Waals surface area contributed by atoms with E-state index in [1.165, 1.54) is 0 Å². The molecule has 0 heterocycles. The minimum absolute atomic E-state index is 0.0525. The second-order valence-electron chi connectivity index (χ2n) is 1.13. The van der Waals surface area contributed by atoms with Gasteiger partial charge in [-0.2, -0.15) is 0 Å². The van der Waals surface area contributed by atoms with Crippen molar-refractivity contribution in [3.05, 3.63) is 0 Å². The second-order valence-corrected chi connectivity index (χ2v) is 2.35. The van der Waals surface area contributed by atoms with Gasteiger partial charge in [0, 0.05) is 6.04 Å². The second kappa shape index (κ2) is 2.55. The molecule has 2 N–H and O–H groups in total. The monoisotopic (exact) mass is 121 g/mol. The number of hydrogen-bond acceptors (Lipinski definition) is 2. The highest BCUT2D eigenvalue weighted by Crippen LogP contribution is 1.86. The number of thiol groups is 1. The Kier molecular flexibility index (Phi) is 2.72. The minimum atomic E-state index is -0.0525. The summed E-state index contributed by atoms with van der Waals surface area (Å²) in [4.78, 5) is 0. The maximum absolute atomic E-state index is 5.22. The van der Waals surface area contributed by atoms with Gasteiger partial charge in [0.2, 0.25) is 0 Å². The SMILES string of the molecule is C[C@H](N)C(=S)S. The molecule has 0 radical (unpaired) electrons. The summed E-state index contributed by atoms with van der Waals surface area (Å²) < 4.78 is 0.565. The molecule has 1 nitrogen and oxygen atoms in total. The third-order valence-electron chi connectivity index (χ3n) is 0.390. The van der Waals surface area contributed by atoms with Gasteiger partial charge < -0.3 is 5.73 Å². The van der Waals surface area contributed by atoms with Crippen molar-refractivity contribution in [2.45, 2.75) is 13.0 Å². The Hall–Kier alpha value is 0.400. The average molecular weight is 121 g/mol. The van der Waals surface area contributed by atoms with Crippen molar-refractivity contribution >= 4 is 29.0 Å². The summed E-state index contributed by atoms with van der Waals surface area (Å²) >= 11 is 8.36. The molecule has 1 atom stereocenters. The van der Waals surface area contributed by atoms with Gasteiger partial charge in [-0.05, 0) is 6.92 Å². The van der Waals surface area contributed by atoms with Crippen LogP contribution >= 0.6 is 24.8 Å². The molecule has 0 aromatic heterocycles. The highest BCUT2D eigenvalue weighted by Gasteiger charge is 1.91. The molecule has 0 aliphatic heterocycles. The van der Waals surface area contributed by atoms with Crippen LogP contribution in [0.1, 0.15) is 6.92 Å². The molecule has 0 amide bonds. The van der Waals surface area contributed by atoms with E-state index in [1.807, 2.05) is 0 Å². The van der Waals surface area contributed by atoms with Gasteiger partial charge in [-0.1, -0.05) is 12.2 Å². The zero-order valence-corrected chi connectivity index (χ0v) is 5.22. The Morgan fingerprint density at radius 1 is 2.00 bits per heavy atom. The lowest BCUT2D eigenvalue weighted by Crippen LogP contribution is -2.20. The van der Waals surface area contributed by atoms with Crippen LogP contribution in [0.3, 0.4) is 0 Å². The largest absolute Gasteiger partial charge is 0.323 e. The normalized spacial score (nSPS) is 13.8. The van der Waals surface area contributed by atoms with Crippen molar-refractivity contribution in [3.8, 4) is 0 Å². The fourth-order valence-corrected chi connectivity index (χ4v) is 0. The van der Waals surface area contributed by atoms with Crippen LogP contribution < -0.4 is 5.73 Å². The minimum Gasteiger partial charge on any atom is -0.323 e. The van der Waals surface area contributed by atoms with E-state index >= 15 is 0 Å². The lowest BCUT2D eigenvalue weighted by atomic mass is 10.4. The first kappa shape index (κ1) is 6.40. The van der Waals surface area contributed by atoms with Gasteiger partial charge >= 0.3 is 0 Å². The Labute approximate surface area is 48.3 Å². The van der Waals surface area contributed by atoms with Gasteiger partial charge in [-0.3, -0.25) is 0 Å². The third-order valence-corrected chi connectivity index (χ3v) is 1.17. The van der Waals surface area contributed by atoms with Gasteiger partial charge in [0.05, 0.1) is 4.20 Å². The van der Waals surface area contributed by atoms with Crippen molar-refractivity contribution in [3.63, 3.8) is 0 Å². The number of hydrogen-bond donors (Lipinski definition) is 2. The zero-order valence-electron chi connectivity index (χ0n) is 3.51. The molecule has 0 bridgehead atoms. The van der Waals surface area contributed by atoms with E-state index in [4.69, 9.17) is 5.73 Å². The number of rotatable bonds is 1. The van der Waals surface area contributed by atoms with E-state index in [2.05, 4.69) is 24.8 Å². The molecular formula is C3H7NS2. The standard InChI is InChI=1S/C3H7NS2/c1-2(4)3(5)6/h2H,4H2,1H3,(H,5,6)/t2-/m0/s1. The highest BCUT2D eigenvalue weighted by molar-refractivity contribution is 8.11. The van der Waals surface area contributed by atoms with Crippen molar-refractivity contribution in [1.29, 1.82) is 0 Å². The summed E-state index contributed by atoms with van der Waals surface area (Å²) in [5.74, 6) is 0. The summed E-state index contributed by atoms with van der Waals surface area (Å²) in [5, 5.41) is 0. The maximum atomic E-state index is 5.22. The van der Waals surface area contributed by atoms with Crippen LogP contribution in [0.25, 0.3) is 0 Å². The summed E-state index contributed by atoms with van der Waals surface area (Å²) in [5.41, 5.74) is 5.22. The number of thiocarbonyl (C=S) groups is 1. The van der Waals surface area contributed by atoms with Crippen LogP contribution in [0.4, 0.5) is 0 Å². The van der Waals surface area contributed by atoms with Gasteiger partial charge in [-0.25, -0.2) is 0 Å². The summed E-state index contributed by atoms with van der Waals surface area (Å²) in [7, 11) is 0. The van der Waals surface area contributed by atoms with E-state index in [0.717, 1.165) is 0 Å². The van der Waals surface area contributed by atoms with Crippen molar-refractivity contribution < 1.29 is 0 Å². The smallest absolute Gasteiger partial charge is 0.0613 e. The molecule has 0 saturated heterocycles. The molecule has 0 saturated carbocycles. The number of nitrogens with two attached hydrogens (primary N) is 1.